The van der Waals surface area contributed by atoms with Crippen molar-refractivity contribution in [3.63, 3.8) is 0 Å². The average Bonchev–Trinajstić information content (AvgIpc) is 3.43. The predicted molar refractivity (Wildman–Crippen MR) is 124 cm³/mol. The first-order chi connectivity index (χ1) is 15.6. The molecule has 2 amide bonds. The highest BCUT2D eigenvalue weighted by molar-refractivity contribution is 6.42. The maximum absolute atomic E-state index is 15.3. The molecule has 0 radical (unpaired) electrons. The van der Waals surface area contributed by atoms with Crippen molar-refractivity contribution < 1.29 is 18.4 Å². The Kier molecular flexibility index (Phi) is 4.99. The van der Waals surface area contributed by atoms with Gasteiger partial charge in [-0.1, -0.05) is 29.8 Å². The van der Waals surface area contributed by atoms with Gasteiger partial charge in [-0.2, -0.15) is 0 Å². The van der Waals surface area contributed by atoms with E-state index in [-0.39, 0.29) is 34.0 Å². The second kappa shape index (κ2) is 7.43. The molecule has 2 heterocycles. The van der Waals surface area contributed by atoms with Gasteiger partial charge in [0.15, 0.2) is 0 Å². The van der Waals surface area contributed by atoms with Gasteiger partial charge in [-0.15, -0.1) is 0 Å². The van der Waals surface area contributed by atoms with Crippen LogP contribution < -0.4 is 10.2 Å². The average molecular weight is 492 g/mol. The van der Waals surface area contributed by atoms with Crippen LogP contribution >= 0.6 is 23.2 Å². The van der Waals surface area contributed by atoms with E-state index in [9.17, 15) is 9.59 Å². The van der Waals surface area contributed by atoms with Gasteiger partial charge in [-0.05, 0) is 49.6 Å². The molecule has 2 aromatic carbocycles. The summed E-state index contributed by atoms with van der Waals surface area (Å²) >= 11 is 12.6. The number of hydrogen-bond acceptors (Lipinski definition) is 3. The minimum atomic E-state index is -1.16. The first-order valence-electron chi connectivity index (χ1n) is 10.6. The summed E-state index contributed by atoms with van der Waals surface area (Å²) in [5.41, 5.74) is -0.551. The number of likely N-dealkylation sites (tertiary alicyclic amines) is 1. The third-order valence-corrected chi connectivity index (χ3v) is 7.84. The van der Waals surface area contributed by atoms with E-state index in [1.165, 1.54) is 34.1 Å². The van der Waals surface area contributed by atoms with E-state index in [1.807, 2.05) is 0 Å². The van der Waals surface area contributed by atoms with Crippen LogP contribution in [-0.2, 0) is 20.5 Å². The molecule has 172 valence electrons. The number of carbonyl (C=O) groups is 2. The Morgan fingerprint density at radius 3 is 2.55 bits per heavy atom. The minimum absolute atomic E-state index is 0.0305. The van der Waals surface area contributed by atoms with Gasteiger partial charge in [-0.3, -0.25) is 9.59 Å². The van der Waals surface area contributed by atoms with Crippen LogP contribution in [0.25, 0.3) is 0 Å². The summed E-state index contributed by atoms with van der Waals surface area (Å²) in [6, 6.07) is 5.60. The lowest BCUT2D eigenvalue weighted by molar-refractivity contribution is -0.125. The predicted octanol–water partition coefficient (Wildman–Crippen LogP) is 5.01. The van der Waals surface area contributed by atoms with Crippen LogP contribution in [0.5, 0.6) is 0 Å². The molecule has 33 heavy (non-hydrogen) atoms. The molecule has 2 aromatic rings. The van der Waals surface area contributed by atoms with Gasteiger partial charge in [0.05, 0.1) is 26.7 Å². The van der Waals surface area contributed by atoms with Crippen LogP contribution in [0, 0.1) is 11.6 Å². The molecule has 1 atom stereocenters. The Labute approximate surface area is 199 Å². The lowest BCUT2D eigenvalue weighted by atomic mass is 9.87. The molecule has 1 spiro atoms. The van der Waals surface area contributed by atoms with E-state index in [4.69, 9.17) is 23.2 Å². The Hall–Kier alpha value is -2.64. The number of carbonyl (C=O) groups excluding carboxylic acids is 2. The van der Waals surface area contributed by atoms with E-state index in [2.05, 4.69) is 11.9 Å². The number of hydrogen-bond donors (Lipinski definition) is 1. The zero-order chi connectivity index (χ0) is 23.7. The lowest BCUT2D eigenvalue weighted by Gasteiger charge is -2.34. The second-order valence-corrected chi connectivity index (χ2v) is 9.72. The molecule has 2 fully saturated rings. The van der Waals surface area contributed by atoms with Crippen LogP contribution in [0.1, 0.15) is 30.4 Å². The highest BCUT2D eigenvalue weighted by Crippen LogP contribution is 2.58. The molecule has 1 N–H and O–H groups in total. The number of halogens is 4. The van der Waals surface area contributed by atoms with Gasteiger partial charge in [0.1, 0.15) is 11.6 Å². The van der Waals surface area contributed by atoms with E-state index in [0.29, 0.717) is 42.7 Å². The third kappa shape index (κ3) is 3.16. The molecular weight excluding hydrogens is 471 g/mol. The first-order valence-corrected chi connectivity index (χ1v) is 11.3. The number of fused-ring (bicyclic) bond motifs is 2. The lowest BCUT2D eigenvalue weighted by Crippen LogP contribution is -2.41. The molecule has 9 heteroatoms. The number of nitrogens with zero attached hydrogens (tertiary/aromatic N) is 2. The van der Waals surface area contributed by atoms with E-state index >= 15 is 8.78 Å². The SMILES string of the molecule is C=CC(=O)N1CC[C@@](Nc2cc(F)c3c(c2)N(C)C(=O)C32CC2)(c2c(F)ccc(Cl)c2Cl)C1. The molecule has 1 aliphatic carbocycles. The summed E-state index contributed by atoms with van der Waals surface area (Å²) in [6.45, 7) is 3.92. The largest absolute Gasteiger partial charge is 0.373 e. The van der Waals surface area contributed by atoms with Gasteiger partial charge in [0.2, 0.25) is 11.8 Å². The van der Waals surface area contributed by atoms with Crippen LogP contribution in [0.15, 0.2) is 36.9 Å². The van der Waals surface area contributed by atoms with Gasteiger partial charge in [-0.25, -0.2) is 8.78 Å². The van der Waals surface area contributed by atoms with E-state index < -0.39 is 22.6 Å². The molecular formula is C24H21Cl2F2N3O2. The zero-order valence-electron chi connectivity index (χ0n) is 17.9. The van der Waals surface area contributed by atoms with Crippen molar-refractivity contribution >= 4 is 46.4 Å². The van der Waals surface area contributed by atoms with Crippen molar-refractivity contribution in [2.75, 3.05) is 30.4 Å². The fourth-order valence-electron chi connectivity index (χ4n) is 5.27. The Morgan fingerprint density at radius 2 is 1.88 bits per heavy atom. The first kappa shape index (κ1) is 22.2. The molecule has 0 unspecified atom stereocenters. The van der Waals surface area contributed by atoms with Crippen LogP contribution in [-0.4, -0.2) is 36.9 Å². The maximum atomic E-state index is 15.3. The van der Waals surface area contributed by atoms with Crippen molar-refractivity contribution in [2.45, 2.75) is 30.2 Å². The quantitative estimate of drug-likeness (QED) is 0.483. The molecule has 1 saturated heterocycles. The standard InChI is InChI=1S/C24H21Cl2F2N3O2/c1-3-18(32)31-9-8-24(12-31,20-15(27)5-4-14(25)21(20)26)29-13-10-16(28)19-17(11-13)30(2)22(33)23(19)6-7-23/h3-5,10-11,29H,1,6-9,12H2,2H3/t24-/m0/s1. The fraction of sp³-hybridized carbons (Fsp3) is 0.333. The Morgan fingerprint density at radius 1 is 1.15 bits per heavy atom. The molecule has 3 aliphatic rings. The topological polar surface area (TPSA) is 52.7 Å². The monoisotopic (exact) mass is 491 g/mol. The van der Waals surface area contributed by atoms with Crippen LogP contribution in [0.4, 0.5) is 20.2 Å². The van der Waals surface area contributed by atoms with E-state index in [1.54, 1.807) is 13.1 Å². The molecule has 0 aromatic heterocycles. The smallest absolute Gasteiger partial charge is 0.246 e. The minimum Gasteiger partial charge on any atom is -0.373 e. The fourth-order valence-corrected chi connectivity index (χ4v) is 5.76. The molecule has 1 saturated carbocycles. The van der Waals surface area contributed by atoms with E-state index in [0.717, 1.165) is 0 Å². The summed E-state index contributed by atoms with van der Waals surface area (Å²) < 4.78 is 30.4. The highest BCUT2D eigenvalue weighted by atomic mass is 35.5. The number of amides is 2. The van der Waals surface area contributed by atoms with Crippen molar-refractivity contribution in [1.29, 1.82) is 0 Å². The van der Waals surface area contributed by atoms with Crippen LogP contribution in [0.3, 0.4) is 0 Å². The number of nitrogens with one attached hydrogen (secondary N) is 1. The van der Waals surface area contributed by atoms with Gasteiger partial charge >= 0.3 is 0 Å². The third-order valence-electron chi connectivity index (χ3n) is 7.04. The molecule has 2 aliphatic heterocycles. The number of anilines is 2. The van der Waals surface area contributed by atoms with Crippen molar-refractivity contribution in [3.05, 3.63) is 69.7 Å². The van der Waals surface area contributed by atoms with Crippen molar-refractivity contribution in [2.24, 2.45) is 0 Å². The zero-order valence-corrected chi connectivity index (χ0v) is 19.4. The van der Waals surface area contributed by atoms with Gasteiger partial charge in [0, 0.05) is 37.0 Å². The molecule has 0 bridgehead atoms. The van der Waals surface area contributed by atoms with Crippen LogP contribution in [0.2, 0.25) is 10.0 Å². The van der Waals surface area contributed by atoms with Gasteiger partial charge < -0.3 is 15.1 Å². The summed E-state index contributed by atoms with van der Waals surface area (Å²) in [5.74, 6) is -1.50. The van der Waals surface area contributed by atoms with Gasteiger partial charge in [0.25, 0.3) is 0 Å². The van der Waals surface area contributed by atoms with Crippen molar-refractivity contribution in [1.82, 2.24) is 4.90 Å². The number of likely N-dealkylation sites (N-methyl/N-ethyl adjacent to an activating group) is 1. The number of rotatable bonds is 4. The molecule has 5 rings (SSSR count). The van der Waals surface area contributed by atoms with Crippen molar-refractivity contribution in [3.8, 4) is 0 Å². The number of benzene rings is 2. The summed E-state index contributed by atoms with van der Waals surface area (Å²) in [5, 5.41) is 3.45. The Balaban J connectivity index is 1.62. The summed E-state index contributed by atoms with van der Waals surface area (Å²) in [4.78, 5) is 28.0. The summed E-state index contributed by atoms with van der Waals surface area (Å²) in [6.07, 6.45) is 2.75. The summed E-state index contributed by atoms with van der Waals surface area (Å²) in [7, 11) is 1.63. The second-order valence-electron chi connectivity index (χ2n) is 8.94. The maximum Gasteiger partial charge on any atom is 0.246 e. The Bertz CT molecular complexity index is 1230. The molecule has 5 nitrogen and oxygen atoms in total. The highest BCUT2D eigenvalue weighted by Gasteiger charge is 2.60. The normalized spacial score (nSPS) is 22.6.